The molecule has 2 N–H and O–H groups in total. The van der Waals surface area contributed by atoms with Crippen molar-refractivity contribution in [3.05, 3.63) is 0 Å². The van der Waals surface area contributed by atoms with Gasteiger partial charge in [0.15, 0.2) is 0 Å². The van der Waals surface area contributed by atoms with Crippen molar-refractivity contribution < 1.29 is 22.0 Å². The quantitative estimate of drug-likeness (QED) is 0.724. The van der Waals surface area contributed by atoms with E-state index in [9.17, 15) is 14.4 Å². The fourth-order valence-electron chi connectivity index (χ4n) is 0.650. The van der Waals surface area contributed by atoms with Crippen LogP contribution in [-0.2, 0) is 19.1 Å². The second-order valence-electron chi connectivity index (χ2n) is 4.22. The number of esters is 1. The Hall–Kier alpha value is -1.59. The van der Waals surface area contributed by atoms with Crippen LogP contribution in [0.15, 0.2) is 0 Å². The minimum atomic E-state index is -0.497. The number of ether oxygens (including phenoxy) is 1. The van der Waals surface area contributed by atoms with Crippen LogP contribution in [0.5, 0.6) is 0 Å². The predicted octanol–water partition coefficient (Wildman–Crippen LogP) is 0.956. The highest BCUT2D eigenvalue weighted by atomic mass is 16.5. The molecule has 0 rings (SSSR count). The Morgan fingerprint density at radius 1 is 1.11 bits per heavy atom. The molecule has 0 aliphatic heterocycles. The van der Waals surface area contributed by atoms with Gasteiger partial charge in [0.25, 0.3) is 0 Å². The largest absolute Gasteiger partial charge is 0.465 e. The molecule has 0 aromatic carbocycles. The maximum atomic E-state index is 10.9. The second-order valence-corrected chi connectivity index (χ2v) is 4.22. The monoisotopic (exact) mass is 264 g/mol. The SMILES string of the molecule is CC(C)C.CCOC(=O)CNC(=O)CNC(C)=O.[HH].[HH]. The van der Waals surface area contributed by atoms with Gasteiger partial charge in [0.05, 0.1) is 13.2 Å². The van der Waals surface area contributed by atoms with E-state index in [0.29, 0.717) is 0 Å². The van der Waals surface area contributed by atoms with Gasteiger partial charge < -0.3 is 15.4 Å². The minimum absolute atomic E-state index is 0. The topological polar surface area (TPSA) is 84.5 Å². The third kappa shape index (κ3) is 19.9. The van der Waals surface area contributed by atoms with E-state index in [1.807, 2.05) is 0 Å². The van der Waals surface area contributed by atoms with Gasteiger partial charge in [-0.3, -0.25) is 14.4 Å². The van der Waals surface area contributed by atoms with Crippen molar-refractivity contribution in [3.8, 4) is 0 Å². The van der Waals surface area contributed by atoms with Gasteiger partial charge in [0, 0.05) is 9.78 Å². The average Bonchev–Trinajstić information content (AvgIpc) is 2.23. The van der Waals surface area contributed by atoms with E-state index in [2.05, 4.69) is 36.1 Å². The maximum absolute atomic E-state index is 10.9. The van der Waals surface area contributed by atoms with E-state index in [4.69, 9.17) is 0 Å². The molecule has 0 radical (unpaired) electrons. The molecule has 18 heavy (non-hydrogen) atoms. The lowest BCUT2D eigenvalue weighted by Crippen LogP contribution is -2.38. The fourth-order valence-corrected chi connectivity index (χ4v) is 0.650. The van der Waals surface area contributed by atoms with Crippen LogP contribution >= 0.6 is 0 Å². The molecule has 0 aromatic heterocycles. The molecule has 0 fully saturated rings. The number of carbonyl (C=O) groups excluding carboxylic acids is 3. The minimum Gasteiger partial charge on any atom is -0.465 e. The Kier molecular flexibility index (Phi) is 12.4. The molecule has 0 bridgehead atoms. The van der Waals surface area contributed by atoms with E-state index in [1.165, 1.54) is 6.92 Å². The lowest BCUT2D eigenvalue weighted by molar-refractivity contribution is -0.143. The fraction of sp³-hybridized carbons (Fsp3) is 0.750. The van der Waals surface area contributed by atoms with Gasteiger partial charge in [-0.25, -0.2) is 0 Å². The number of amides is 2. The first-order valence-electron chi connectivity index (χ1n) is 5.96. The van der Waals surface area contributed by atoms with Crippen molar-refractivity contribution in [1.29, 1.82) is 0 Å². The van der Waals surface area contributed by atoms with Crippen molar-refractivity contribution >= 4 is 17.8 Å². The summed E-state index contributed by atoms with van der Waals surface area (Å²) in [4.78, 5) is 32.1. The van der Waals surface area contributed by atoms with Crippen molar-refractivity contribution in [2.75, 3.05) is 19.7 Å². The molecule has 2 amide bonds. The summed E-state index contributed by atoms with van der Waals surface area (Å²) >= 11 is 0. The number of hydrogen-bond donors (Lipinski definition) is 2. The summed E-state index contributed by atoms with van der Waals surface area (Å²) in [5, 5.41) is 4.59. The Morgan fingerprint density at radius 3 is 2.00 bits per heavy atom. The molecule has 6 nitrogen and oxygen atoms in total. The number of rotatable bonds is 5. The molecule has 0 saturated heterocycles. The standard InChI is InChI=1S/C8H14N2O4.C4H10.2H2/c1-3-14-8(13)5-10-7(12)4-9-6(2)11;1-4(2)3;;/h3-5H2,1-2H3,(H,9,11)(H,10,12);4H,1-3H3;2*1H. The molecule has 0 spiro atoms. The molecule has 0 unspecified atom stereocenters. The summed E-state index contributed by atoms with van der Waals surface area (Å²) in [5.41, 5.74) is 0. The van der Waals surface area contributed by atoms with Crippen molar-refractivity contribution in [3.63, 3.8) is 0 Å². The van der Waals surface area contributed by atoms with Crippen LogP contribution in [0.4, 0.5) is 0 Å². The van der Waals surface area contributed by atoms with Gasteiger partial charge in [0.1, 0.15) is 6.54 Å². The molecule has 0 aromatic rings. The van der Waals surface area contributed by atoms with Crippen LogP contribution in [0, 0.1) is 5.92 Å². The van der Waals surface area contributed by atoms with Gasteiger partial charge in [-0.2, -0.15) is 0 Å². The Labute approximate surface area is 111 Å². The van der Waals surface area contributed by atoms with Crippen LogP contribution in [0.25, 0.3) is 0 Å². The van der Waals surface area contributed by atoms with Gasteiger partial charge in [0.2, 0.25) is 11.8 Å². The Balaban J connectivity index is -0.000000188. The third-order valence-electron chi connectivity index (χ3n) is 1.23. The van der Waals surface area contributed by atoms with Gasteiger partial charge >= 0.3 is 5.97 Å². The highest BCUT2D eigenvalue weighted by Gasteiger charge is 2.05. The summed E-state index contributed by atoms with van der Waals surface area (Å²) in [6.45, 7) is 9.46. The lowest BCUT2D eigenvalue weighted by Gasteiger charge is -2.04. The van der Waals surface area contributed by atoms with E-state index in [1.54, 1.807) is 6.92 Å². The molecular formula is C12H28N2O4. The maximum Gasteiger partial charge on any atom is 0.325 e. The smallest absolute Gasteiger partial charge is 0.325 e. The zero-order valence-corrected chi connectivity index (χ0v) is 11.8. The summed E-state index contributed by atoms with van der Waals surface area (Å²) in [6, 6.07) is 0. The molecule has 0 aliphatic rings. The zero-order chi connectivity index (χ0) is 14.6. The van der Waals surface area contributed by atoms with E-state index in [0.717, 1.165) is 5.92 Å². The molecule has 110 valence electrons. The molecular weight excluding hydrogens is 236 g/mol. The number of carbonyl (C=O) groups is 3. The van der Waals surface area contributed by atoms with E-state index >= 15 is 0 Å². The highest BCUT2D eigenvalue weighted by Crippen LogP contribution is 1.81. The first-order chi connectivity index (χ1) is 8.29. The Bertz CT molecular complexity index is 271. The predicted molar refractivity (Wildman–Crippen MR) is 73.1 cm³/mol. The Morgan fingerprint density at radius 2 is 1.61 bits per heavy atom. The van der Waals surface area contributed by atoms with E-state index < -0.39 is 11.9 Å². The van der Waals surface area contributed by atoms with Gasteiger partial charge in [-0.1, -0.05) is 20.8 Å². The summed E-state index contributed by atoms with van der Waals surface area (Å²) < 4.78 is 4.58. The summed E-state index contributed by atoms with van der Waals surface area (Å²) in [6.07, 6.45) is 0. The first-order valence-corrected chi connectivity index (χ1v) is 5.96. The van der Waals surface area contributed by atoms with Crippen molar-refractivity contribution in [2.24, 2.45) is 5.92 Å². The van der Waals surface area contributed by atoms with E-state index in [-0.39, 0.29) is 28.5 Å². The van der Waals surface area contributed by atoms with Crippen LogP contribution in [0.3, 0.4) is 0 Å². The summed E-state index contributed by atoms with van der Waals surface area (Å²) in [7, 11) is 0. The third-order valence-corrected chi connectivity index (χ3v) is 1.23. The molecule has 0 atom stereocenters. The van der Waals surface area contributed by atoms with Crippen molar-refractivity contribution in [1.82, 2.24) is 10.6 Å². The molecule has 0 saturated carbocycles. The van der Waals surface area contributed by atoms with Crippen LogP contribution in [0.2, 0.25) is 0 Å². The number of hydrogen-bond acceptors (Lipinski definition) is 4. The molecule has 0 heterocycles. The summed E-state index contributed by atoms with van der Waals surface area (Å²) in [5.74, 6) is -0.381. The van der Waals surface area contributed by atoms with Crippen molar-refractivity contribution in [2.45, 2.75) is 34.6 Å². The van der Waals surface area contributed by atoms with Crippen LogP contribution in [-0.4, -0.2) is 37.5 Å². The zero-order valence-electron chi connectivity index (χ0n) is 11.8. The van der Waals surface area contributed by atoms with Gasteiger partial charge in [-0.05, 0) is 12.8 Å². The molecule has 0 aliphatic carbocycles. The van der Waals surface area contributed by atoms with Crippen LogP contribution < -0.4 is 10.6 Å². The number of nitrogens with one attached hydrogen (secondary N) is 2. The van der Waals surface area contributed by atoms with Crippen LogP contribution in [0.1, 0.15) is 37.5 Å². The second kappa shape index (κ2) is 11.9. The normalized spacial score (nSPS) is 9.00. The molecule has 6 heteroatoms. The van der Waals surface area contributed by atoms with Gasteiger partial charge in [-0.15, -0.1) is 0 Å². The average molecular weight is 264 g/mol. The first kappa shape index (κ1) is 18.8. The highest BCUT2D eigenvalue weighted by molar-refractivity contribution is 5.86. The lowest BCUT2D eigenvalue weighted by atomic mass is 10.3.